The molecule has 0 saturated carbocycles. The first kappa shape index (κ1) is 16.9. The summed E-state index contributed by atoms with van der Waals surface area (Å²) in [6, 6.07) is 0.936. The van der Waals surface area contributed by atoms with Gasteiger partial charge in [-0.05, 0) is 12.5 Å². The standard InChI is InChI=1S/C7H5F3N2O.C4H9NO/c8-7(9,10)5-3-12-2-1-4(5)6(11)13;1-2-3-4(5)6/h1-3H,(H2,11,13);2-3H2,1H3,(H2,5,6). The minimum atomic E-state index is -4.60. The molecule has 0 atom stereocenters. The van der Waals surface area contributed by atoms with Gasteiger partial charge < -0.3 is 11.5 Å². The van der Waals surface area contributed by atoms with Crippen molar-refractivity contribution in [1.29, 1.82) is 0 Å². The highest BCUT2D eigenvalue weighted by atomic mass is 19.4. The number of alkyl halides is 3. The number of carbonyl (C=O) groups excluding carboxylic acids is 2. The number of pyridine rings is 1. The van der Waals surface area contributed by atoms with Crippen LogP contribution in [0.1, 0.15) is 35.7 Å². The van der Waals surface area contributed by atoms with Gasteiger partial charge in [-0.1, -0.05) is 6.92 Å². The molecule has 0 aromatic carbocycles. The number of halogens is 3. The lowest BCUT2D eigenvalue weighted by molar-refractivity contribution is -0.138. The van der Waals surface area contributed by atoms with Crippen molar-refractivity contribution in [1.82, 2.24) is 4.98 Å². The number of aromatic nitrogens is 1. The second-order valence-corrected chi connectivity index (χ2v) is 3.50. The number of nitrogens with zero attached hydrogens (tertiary/aromatic N) is 1. The van der Waals surface area contributed by atoms with Crippen LogP contribution in [-0.4, -0.2) is 16.8 Å². The fourth-order valence-corrected chi connectivity index (χ4v) is 1.08. The Kier molecular flexibility index (Phi) is 6.53. The maximum Gasteiger partial charge on any atom is 0.418 e. The summed E-state index contributed by atoms with van der Waals surface area (Å²) in [5.74, 6) is -1.33. The zero-order valence-electron chi connectivity index (χ0n) is 10.2. The minimum Gasteiger partial charge on any atom is -0.370 e. The van der Waals surface area contributed by atoms with Crippen molar-refractivity contribution < 1.29 is 22.8 Å². The predicted molar refractivity (Wildman–Crippen MR) is 61.9 cm³/mol. The molecule has 2 amide bonds. The average Bonchev–Trinajstić information content (AvgIpc) is 2.28. The highest BCUT2D eigenvalue weighted by Gasteiger charge is 2.34. The largest absolute Gasteiger partial charge is 0.418 e. The molecule has 4 N–H and O–H groups in total. The summed E-state index contributed by atoms with van der Waals surface area (Å²) < 4.78 is 36.5. The molecule has 1 heterocycles. The van der Waals surface area contributed by atoms with Crippen LogP contribution < -0.4 is 11.5 Å². The molecule has 0 radical (unpaired) electrons. The summed E-state index contributed by atoms with van der Waals surface area (Å²) in [4.78, 5) is 23.7. The van der Waals surface area contributed by atoms with E-state index in [1.54, 1.807) is 0 Å². The van der Waals surface area contributed by atoms with Gasteiger partial charge in [-0.25, -0.2) is 0 Å². The average molecular weight is 277 g/mol. The van der Waals surface area contributed by atoms with E-state index < -0.39 is 23.2 Å². The number of rotatable bonds is 3. The Balaban J connectivity index is 0.000000459. The van der Waals surface area contributed by atoms with Crippen LogP contribution >= 0.6 is 0 Å². The van der Waals surface area contributed by atoms with Crippen molar-refractivity contribution in [2.75, 3.05) is 0 Å². The van der Waals surface area contributed by atoms with Crippen molar-refractivity contribution in [3.05, 3.63) is 29.6 Å². The lowest BCUT2D eigenvalue weighted by Gasteiger charge is -2.08. The Morgan fingerprint density at radius 2 is 1.89 bits per heavy atom. The van der Waals surface area contributed by atoms with E-state index in [1.807, 2.05) is 6.92 Å². The lowest BCUT2D eigenvalue weighted by Crippen LogP contribution is -2.18. The van der Waals surface area contributed by atoms with Gasteiger partial charge in [0.25, 0.3) is 0 Å². The van der Waals surface area contributed by atoms with Gasteiger partial charge in [0, 0.05) is 18.8 Å². The quantitative estimate of drug-likeness (QED) is 0.875. The van der Waals surface area contributed by atoms with Crippen LogP contribution in [0.5, 0.6) is 0 Å². The van der Waals surface area contributed by atoms with Crippen molar-refractivity contribution in [2.24, 2.45) is 11.5 Å². The van der Waals surface area contributed by atoms with E-state index in [0.29, 0.717) is 12.6 Å². The molecule has 0 aliphatic rings. The molecule has 0 fully saturated rings. The second-order valence-electron chi connectivity index (χ2n) is 3.50. The molecule has 1 aromatic rings. The Hall–Kier alpha value is -2.12. The van der Waals surface area contributed by atoms with Crippen molar-refractivity contribution in [2.45, 2.75) is 25.9 Å². The summed E-state index contributed by atoms with van der Waals surface area (Å²) in [6.07, 6.45) is -1.58. The number of nitrogens with two attached hydrogens (primary N) is 2. The molecule has 19 heavy (non-hydrogen) atoms. The molecule has 0 saturated heterocycles. The molecule has 0 spiro atoms. The van der Waals surface area contributed by atoms with Gasteiger partial charge in [-0.2, -0.15) is 13.2 Å². The molecular weight excluding hydrogens is 263 g/mol. The second kappa shape index (κ2) is 7.34. The Bertz CT molecular complexity index is 447. The van der Waals surface area contributed by atoms with Gasteiger partial charge >= 0.3 is 6.18 Å². The summed E-state index contributed by atoms with van der Waals surface area (Å²) in [5.41, 5.74) is 7.83. The highest BCUT2D eigenvalue weighted by molar-refractivity contribution is 5.94. The van der Waals surface area contributed by atoms with Crippen LogP contribution in [0.15, 0.2) is 18.5 Å². The first-order valence-electron chi connectivity index (χ1n) is 5.29. The predicted octanol–water partition coefficient (Wildman–Crippen LogP) is 1.47. The van der Waals surface area contributed by atoms with Gasteiger partial charge in [0.1, 0.15) is 0 Å². The molecule has 5 nitrogen and oxygen atoms in total. The fourth-order valence-electron chi connectivity index (χ4n) is 1.08. The molecule has 106 valence electrons. The Labute approximate surface area is 107 Å². The number of primary amides is 2. The van der Waals surface area contributed by atoms with Gasteiger partial charge in [-0.15, -0.1) is 0 Å². The van der Waals surface area contributed by atoms with Crippen LogP contribution in [0, 0.1) is 0 Å². The van der Waals surface area contributed by atoms with Gasteiger partial charge in [-0.3, -0.25) is 14.6 Å². The van der Waals surface area contributed by atoms with E-state index >= 15 is 0 Å². The minimum absolute atomic E-state index is 0.211. The summed E-state index contributed by atoms with van der Waals surface area (Å²) in [5, 5.41) is 0. The van der Waals surface area contributed by atoms with Crippen molar-refractivity contribution >= 4 is 11.8 Å². The van der Waals surface area contributed by atoms with Gasteiger partial charge in [0.05, 0.1) is 11.1 Å². The maximum atomic E-state index is 12.2. The SMILES string of the molecule is CCCC(N)=O.NC(=O)c1ccncc1C(F)(F)F. The molecule has 0 unspecified atom stereocenters. The molecule has 8 heteroatoms. The normalized spacial score (nSPS) is 10.3. The lowest BCUT2D eigenvalue weighted by atomic mass is 10.1. The number of hydrogen-bond acceptors (Lipinski definition) is 3. The summed E-state index contributed by atoms with van der Waals surface area (Å²) >= 11 is 0. The first-order valence-corrected chi connectivity index (χ1v) is 5.29. The van der Waals surface area contributed by atoms with Crippen molar-refractivity contribution in [3.63, 3.8) is 0 Å². The van der Waals surface area contributed by atoms with Gasteiger partial charge in [0.15, 0.2) is 0 Å². The zero-order chi connectivity index (χ0) is 15.1. The zero-order valence-corrected chi connectivity index (χ0v) is 10.2. The molecule has 1 rings (SSSR count). The smallest absolute Gasteiger partial charge is 0.370 e. The van der Waals surface area contributed by atoms with E-state index in [4.69, 9.17) is 11.5 Å². The molecule has 0 aliphatic heterocycles. The third-order valence-electron chi connectivity index (χ3n) is 1.89. The Morgan fingerprint density at radius 3 is 2.16 bits per heavy atom. The summed E-state index contributed by atoms with van der Waals surface area (Å²) in [7, 11) is 0. The third-order valence-corrected chi connectivity index (χ3v) is 1.89. The fraction of sp³-hybridized carbons (Fsp3) is 0.364. The molecule has 0 bridgehead atoms. The molecule has 0 aliphatic carbocycles. The maximum absolute atomic E-state index is 12.2. The van der Waals surface area contributed by atoms with Crippen LogP contribution in [0.2, 0.25) is 0 Å². The summed E-state index contributed by atoms with van der Waals surface area (Å²) in [6.45, 7) is 1.92. The molecule has 1 aromatic heterocycles. The number of carbonyl (C=O) groups is 2. The van der Waals surface area contributed by atoms with Crippen molar-refractivity contribution in [3.8, 4) is 0 Å². The highest BCUT2D eigenvalue weighted by Crippen LogP contribution is 2.30. The van der Waals surface area contributed by atoms with E-state index in [1.165, 1.54) is 0 Å². The van der Waals surface area contributed by atoms with Crippen LogP contribution in [0.3, 0.4) is 0 Å². The van der Waals surface area contributed by atoms with E-state index in [0.717, 1.165) is 18.7 Å². The first-order chi connectivity index (χ1) is 8.70. The molecular formula is C11H14F3N3O2. The topological polar surface area (TPSA) is 99.1 Å². The van der Waals surface area contributed by atoms with E-state index in [-0.39, 0.29) is 5.91 Å². The van der Waals surface area contributed by atoms with E-state index in [9.17, 15) is 22.8 Å². The van der Waals surface area contributed by atoms with Crippen LogP contribution in [0.25, 0.3) is 0 Å². The number of hydrogen-bond donors (Lipinski definition) is 2. The van der Waals surface area contributed by atoms with Crippen LogP contribution in [-0.2, 0) is 11.0 Å². The van der Waals surface area contributed by atoms with Crippen LogP contribution in [0.4, 0.5) is 13.2 Å². The number of amides is 2. The monoisotopic (exact) mass is 277 g/mol. The van der Waals surface area contributed by atoms with Gasteiger partial charge in [0.2, 0.25) is 11.8 Å². The third kappa shape index (κ3) is 6.39. The van der Waals surface area contributed by atoms with E-state index in [2.05, 4.69) is 4.98 Å². The Morgan fingerprint density at radius 1 is 1.32 bits per heavy atom.